The van der Waals surface area contributed by atoms with E-state index in [1.807, 2.05) is 18.2 Å². The number of rotatable bonds is 4. The van der Waals surface area contributed by atoms with Gasteiger partial charge in [-0.05, 0) is 23.8 Å². The molecule has 0 bridgehead atoms. The van der Waals surface area contributed by atoms with Crippen LogP contribution in [-0.4, -0.2) is 42.9 Å². The zero-order valence-corrected chi connectivity index (χ0v) is 12.1. The normalized spacial score (nSPS) is 18.5. The van der Waals surface area contributed by atoms with E-state index in [1.54, 1.807) is 19.5 Å². The van der Waals surface area contributed by atoms with Gasteiger partial charge in [-0.2, -0.15) is 0 Å². The molecule has 0 aliphatic carbocycles. The van der Waals surface area contributed by atoms with Crippen LogP contribution in [0.4, 0.5) is 5.95 Å². The molecular formula is C16H19N3O2. The van der Waals surface area contributed by atoms with E-state index in [9.17, 15) is 0 Å². The average molecular weight is 285 g/mol. The molecule has 1 aromatic carbocycles. The second-order valence-electron chi connectivity index (χ2n) is 5.04. The lowest BCUT2D eigenvalue weighted by molar-refractivity contribution is 0.0405. The quantitative estimate of drug-likeness (QED) is 0.859. The molecule has 1 aliphatic rings. The van der Waals surface area contributed by atoms with Crippen molar-refractivity contribution in [1.29, 1.82) is 0 Å². The summed E-state index contributed by atoms with van der Waals surface area (Å²) in [5.41, 5.74) is 1.25. The van der Waals surface area contributed by atoms with Crippen LogP contribution in [0.15, 0.2) is 42.7 Å². The molecule has 1 atom stereocenters. The van der Waals surface area contributed by atoms with Gasteiger partial charge in [0.15, 0.2) is 0 Å². The lowest BCUT2D eigenvalue weighted by Crippen LogP contribution is -2.44. The minimum absolute atomic E-state index is 0.163. The van der Waals surface area contributed by atoms with Gasteiger partial charge in [0.05, 0.1) is 19.8 Å². The molecule has 0 N–H and O–H groups in total. The third-order valence-electron chi connectivity index (χ3n) is 3.60. The molecule has 1 saturated heterocycles. The highest BCUT2D eigenvalue weighted by Gasteiger charge is 2.22. The van der Waals surface area contributed by atoms with Crippen molar-refractivity contribution in [3.8, 4) is 5.75 Å². The van der Waals surface area contributed by atoms with Crippen molar-refractivity contribution in [2.75, 3.05) is 31.7 Å². The van der Waals surface area contributed by atoms with Crippen LogP contribution in [0.25, 0.3) is 0 Å². The van der Waals surface area contributed by atoms with Crippen molar-refractivity contribution in [2.24, 2.45) is 0 Å². The molecule has 2 aromatic rings. The number of nitrogens with zero attached hydrogens (tertiary/aromatic N) is 3. The predicted octanol–water partition coefficient (Wildman–Crippen LogP) is 1.93. The highest BCUT2D eigenvalue weighted by molar-refractivity contribution is 5.31. The number of morpholine rings is 1. The molecule has 0 spiro atoms. The molecule has 1 aliphatic heterocycles. The van der Waals surface area contributed by atoms with Crippen molar-refractivity contribution in [1.82, 2.24) is 9.97 Å². The van der Waals surface area contributed by atoms with Crippen LogP contribution in [0.1, 0.15) is 5.56 Å². The lowest BCUT2D eigenvalue weighted by Gasteiger charge is -2.33. The minimum atomic E-state index is 0.163. The zero-order chi connectivity index (χ0) is 14.5. The Morgan fingerprint density at radius 2 is 2.00 bits per heavy atom. The molecular weight excluding hydrogens is 266 g/mol. The Morgan fingerprint density at radius 1 is 1.24 bits per heavy atom. The first-order valence-electron chi connectivity index (χ1n) is 7.11. The second kappa shape index (κ2) is 6.54. The second-order valence-corrected chi connectivity index (χ2v) is 5.04. The van der Waals surface area contributed by atoms with Crippen LogP contribution in [0.5, 0.6) is 5.75 Å². The summed E-state index contributed by atoms with van der Waals surface area (Å²) >= 11 is 0. The number of hydrogen-bond donors (Lipinski definition) is 0. The van der Waals surface area contributed by atoms with Gasteiger partial charge in [-0.1, -0.05) is 12.1 Å². The fourth-order valence-electron chi connectivity index (χ4n) is 2.50. The predicted molar refractivity (Wildman–Crippen MR) is 80.7 cm³/mol. The first-order chi connectivity index (χ1) is 10.3. The number of anilines is 1. The van der Waals surface area contributed by atoms with Crippen LogP contribution in [0.2, 0.25) is 0 Å². The number of benzene rings is 1. The largest absolute Gasteiger partial charge is 0.497 e. The van der Waals surface area contributed by atoms with Crippen molar-refractivity contribution < 1.29 is 9.47 Å². The number of hydrogen-bond acceptors (Lipinski definition) is 5. The molecule has 0 radical (unpaired) electrons. The fraction of sp³-hybridized carbons (Fsp3) is 0.375. The molecule has 5 heteroatoms. The molecule has 0 saturated carbocycles. The number of aromatic nitrogens is 2. The van der Waals surface area contributed by atoms with E-state index in [0.717, 1.165) is 31.2 Å². The summed E-state index contributed by atoms with van der Waals surface area (Å²) in [6.07, 6.45) is 4.59. The highest BCUT2D eigenvalue weighted by Crippen LogP contribution is 2.17. The third kappa shape index (κ3) is 3.49. The maximum Gasteiger partial charge on any atom is 0.225 e. The Kier molecular flexibility index (Phi) is 4.31. The molecule has 1 fully saturated rings. The van der Waals surface area contributed by atoms with E-state index >= 15 is 0 Å². The van der Waals surface area contributed by atoms with Gasteiger partial charge < -0.3 is 14.4 Å². The van der Waals surface area contributed by atoms with Crippen molar-refractivity contribution in [3.63, 3.8) is 0 Å². The van der Waals surface area contributed by atoms with Gasteiger partial charge in [0.1, 0.15) is 5.75 Å². The summed E-state index contributed by atoms with van der Waals surface area (Å²) in [6.45, 7) is 2.36. The van der Waals surface area contributed by atoms with Crippen LogP contribution in [0, 0.1) is 0 Å². The van der Waals surface area contributed by atoms with Crippen LogP contribution < -0.4 is 9.64 Å². The summed E-state index contributed by atoms with van der Waals surface area (Å²) in [4.78, 5) is 10.8. The van der Waals surface area contributed by atoms with Gasteiger partial charge in [-0.25, -0.2) is 9.97 Å². The van der Waals surface area contributed by atoms with Gasteiger partial charge in [-0.15, -0.1) is 0 Å². The number of methoxy groups -OCH3 is 1. The monoisotopic (exact) mass is 285 g/mol. The Bertz CT molecular complexity index is 559. The van der Waals surface area contributed by atoms with Crippen molar-refractivity contribution in [3.05, 3.63) is 48.3 Å². The highest BCUT2D eigenvalue weighted by atomic mass is 16.5. The van der Waals surface area contributed by atoms with E-state index in [-0.39, 0.29) is 6.10 Å². The van der Waals surface area contributed by atoms with Crippen LogP contribution in [0.3, 0.4) is 0 Å². The fourth-order valence-corrected chi connectivity index (χ4v) is 2.50. The first kappa shape index (κ1) is 13.8. The van der Waals surface area contributed by atoms with Gasteiger partial charge in [0.25, 0.3) is 0 Å². The standard InChI is InChI=1S/C16H19N3O2/c1-20-14-5-3-13(4-6-14)11-15-12-19(9-10-21-15)16-17-7-2-8-18-16/h2-8,15H,9-12H2,1H3. The van der Waals surface area contributed by atoms with Gasteiger partial charge >= 0.3 is 0 Å². The molecule has 3 rings (SSSR count). The van der Waals surface area contributed by atoms with Crippen molar-refractivity contribution in [2.45, 2.75) is 12.5 Å². The molecule has 1 unspecified atom stereocenters. The van der Waals surface area contributed by atoms with E-state index < -0.39 is 0 Å². The van der Waals surface area contributed by atoms with Gasteiger partial charge in [-0.3, -0.25) is 0 Å². The first-order valence-corrected chi connectivity index (χ1v) is 7.11. The van der Waals surface area contributed by atoms with E-state index in [4.69, 9.17) is 9.47 Å². The zero-order valence-electron chi connectivity index (χ0n) is 12.1. The SMILES string of the molecule is COc1ccc(CC2CN(c3ncccn3)CCO2)cc1. The molecule has 110 valence electrons. The maximum atomic E-state index is 5.86. The summed E-state index contributed by atoms with van der Waals surface area (Å²) in [5, 5.41) is 0. The summed E-state index contributed by atoms with van der Waals surface area (Å²) in [5.74, 6) is 1.66. The smallest absolute Gasteiger partial charge is 0.225 e. The minimum Gasteiger partial charge on any atom is -0.497 e. The topological polar surface area (TPSA) is 47.5 Å². The Balaban J connectivity index is 1.63. The Morgan fingerprint density at radius 3 is 2.71 bits per heavy atom. The number of ether oxygens (including phenoxy) is 2. The molecule has 5 nitrogen and oxygen atoms in total. The van der Waals surface area contributed by atoms with Crippen LogP contribution >= 0.6 is 0 Å². The van der Waals surface area contributed by atoms with Gasteiger partial charge in [0, 0.05) is 31.9 Å². The van der Waals surface area contributed by atoms with Crippen LogP contribution in [-0.2, 0) is 11.2 Å². The Labute approximate surface area is 124 Å². The van der Waals surface area contributed by atoms with Gasteiger partial charge in [0.2, 0.25) is 5.95 Å². The summed E-state index contributed by atoms with van der Waals surface area (Å²) in [6, 6.07) is 9.96. The summed E-state index contributed by atoms with van der Waals surface area (Å²) < 4.78 is 11.0. The molecule has 0 amide bonds. The van der Waals surface area contributed by atoms with E-state index in [2.05, 4.69) is 27.0 Å². The molecule has 2 heterocycles. The maximum absolute atomic E-state index is 5.86. The molecule has 1 aromatic heterocycles. The van der Waals surface area contributed by atoms with E-state index in [0.29, 0.717) is 6.61 Å². The Hall–Kier alpha value is -2.14. The third-order valence-corrected chi connectivity index (χ3v) is 3.60. The molecule has 21 heavy (non-hydrogen) atoms. The van der Waals surface area contributed by atoms with E-state index in [1.165, 1.54) is 5.56 Å². The average Bonchev–Trinajstić information content (AvgIpc) is 2.57. The lowest BCUT2D eigenvalue weighted by atomic mass is 10.1. The summed E-state index contributed by atoms with van der Waals surface area (Å²) in [7, 11) is 1.68. The van der Waals surface area contributed by atoms with Crippen molar-refractivity contribution >= 4 is 5.95 Å².